The minimum atomic E-state index is -0.515. The first-order chi connectivity index (χ1) is 6.66. The number of amides is 2. The topological polar surface area (TPSA) is 63.4 Å². The van der Waals surface area contributed by atoms with E-state index < -0.39 is 6.04 Å². The summed E-state index contributed by atoms with van der Waals surface area (Å²) in [7, 11) is 0. The third-order valence-electron chi connectivity index (χ3n) is 2.26. The fourth-order valence-corrected chi connectivity index (χ4v) is 1.43. The second kappa shape index (κ2) is 4.77. The van der Waals surface area contributed by atoms with Crippen LogP contribution < -0.4 is 5.73 Å². The average molecular weight is 194 g/mol. The molecule has 0 bridgehead atoms. The Hall–Kier alpha value is -1.34. The summed E-state index contributed by atoms with van der Waals surface area (Å²) in [5, 5.41) is 0. The highest BCUT2D eigenvalue weighted by Gasteiger charge is 2.31. The van der Waals surface area contributed by atoms with E-state index in [4.69, 9.17) is 12.2 Å². The van der Waals surface area contributed by atoms with Gasteiger partial charge in [-0.1, -0.05) is 0 Å². The van der Waals surface area contributed by atoms with E-state index in [2.05, 4.69) is 5.92 Å². The number of likely N-dealkylation sites (tertiary alicyclic amines) is 1. The van der Waals surface area contributed by atoms with Gasteiger partial charge in [-0.05, 0) is 12.8 Å². The van der Waals surface area contributed by atoms with Crippen molar-refractivity contribution in [1.29, 1.82) is 0 Å². The van der Waals surface area contributed by atoms with Crippen LogP contribution in [-0.4, -0.2) is 29.3 Å². The number of unbranched alkanes of at least 4 members (excludes halogenated alkanes) is 1. The van der Waals surface area contributed by atoms with E-state index in [0.717, 1.165) is 0 Å². The molecule has 0 aromatic carbocycles. The lowest BCUT2D eigenvalue weighted by Gasteiger charge is -2.28. The van der Waals surface area contributed by atoms with Gasteiger partial charge in [0.2, 0.25) is 11.8 Å². The summed E-state index contributed by atoms with van der Waals surface area (Å²) in [6.45, 7) is 0.398. The Morgan fingerprint density at radius 1 is 1.57 bits per heavy atom. The standard InChI is InChI=1S/C10H14N2O2/c1-2-3-4-7-12-9(13)6-5-8(11)10(12)14/h1,8H,3-7,11H2. The molecule has 2 N–H and O–H groups in total. The summed E-state index contributed by atoms with van der Waals surface area (Å²) in [4.78, 5) is 24.0. The molecule has 1 rings (SSSR count). The lowest BCUT2D eigenvalue weighted by atomic mass is 10.0. The van der Waals surface area contributed by atoms with Gasteiger partial charge >= 0.3 is 0 Å². The van der Waals surface area contributed by atoms with Gasteiger partial charge in [-0.2, -0.15) is 0 Å². The van der Waals surface area contributed by atoms with Crippen LogP contribution in [0, 0.1) is 12.3 Å². The second-order valence-corrected chi connectivity index (χ2v) is 3.34. The minimum Gasteiger partial charge on any atom is -0.320 e. The summed E-state index contributed by atoms with van der Waals surface area (Å²) in [5.74, 6) is 2.07. The van der Waals surface area contributed by atoms with E-state index in [1.807, 2.05) is 0 Å². The molecule has 76 valence electrons. The molecule has 2 amide bonds. The maximum Gasteiger partial charge on any atom is 0.246 e. The first-order valence-corrected chi connectivity index (χ1v) is 4.70. The van der Waals surface area contributed by atoms with E-state index in [1.165, 1.54) is 4.90 Å². The van der Waals surface area contributed by atoms with Crippen molar-refractivity contribution in [1.82, 2.24) is 4.90 Å². The van der Waals surface area contributed by atoms with Crippen molar-refractivity contribution in [2.24, 2.45) is 5.73 Å². The molecule has 1 aliphatic rings. The molecule has 1 atom stereocenters. The fraction of sp³-hybridized carbons (Fsp3) is 0.600. The predicted molar refractivity (Wildman–Crippen MR) is 52.0 cm³/mol. The smallest absolute Gasteiger partial charge is 0.246 e. The predicted octanol–water partition coefficient (Wildman–Crippen LogP) is -0.124. The molecule has 1 unspecified atom stereocenters. The number of piperidine rings is 1. The maximum atomic E-state index is 11.5. The minimum absolute atomic E-state index is 0.131. The summed E-state index contributed by atoms with van der Waals surface area (Å²) >= 11 is 0. The van der Waals surface area contributed by atoms with Gasteiger partial charge in [0.15, 0.2) is 0 Å². The molecule has 1 saturated heterocycles. The number of hydrogen-bond acceptors (Lipinski definition) is 3. The van der Waals surface area contributed by atoms with Crippen molar-refractivity contribution in [3.63, 3.8) is 0 Å². The zero-order valence-electron chi connectivity index (χ0n) is 8.03. The summed E-state index contributed by atoms with van der Waals surface area (Å²) in [5.41, 5.74) is 5.55. The average Bonchev–Trinajstić information content (AvgIpc) is 2.18. The van der Waals surface area contributed by atoms with Crippen molar-refractivity contribution < 1.29 is 9.59 Å². The number of carbonyl (C=O) groups excluding carboxylic acids is 2. The fourth-order valence-electron chi connectivity index (χ4n) is 1.43. The van der Waals surface area contributed by atoms with Crippen molar-refractivity contribution >= 4 is 11.8 Å². The first kappa shape index (κ1) is 10.7. The number of rotatable bonds is 3. The number of nitrogens with zero attached hydrogens (tertiary/aromatic N) is 1. The van der Waals surface area contributed by atoms with E-state index in [9.17, 15) is 9.59 Å². The molecule has 4 heteroatoms. The second-order valence-electron chi connectivity index (χ2n) is 3.34. The third kappa shape index (κ3) is 2.33. The third-order valence-corrected chi connectivity index (χ3v) is 2.26. The van der Waals surface area contributed by atoms with Gasteiger partial charge in [0, 0.05) is 19.4 Å². The molecule has 0 aromatic rings. The van der Waals surface area contributed by atoms with Crippen LogP contribution in [-0.2, 0) is 9.59 Å². The summed E-state index contributed by atoms with van der Waals surface area (Å²) < 4.78 is 0. The van der Waals surface area contributed by atoms with Crippen molar-refractivity contribution in [3.05, 3.63) is 0 Å². The first-order valence-electron chi connectivity index (χ1n) is 4.70. The molecule has 0 saturated carbocycles. The number of hydrogen-bond donors (Lipinski definition) is 1. The highest BCUT2D eigenvalue weighted by atomic mass is 16.2. The molecule has 1 aliphatic heterocycles. The Balaban J connectivity index is 2.51. The summed E-state index contributed by atoms with van der Waals surface area (Å²) in [6, 6.07) is -0.515. The van der Waals surface area contributed by atoms with Crippen LogP contribution in [0.4, 0.5) is 0 Å². The van der Waals surface area contributed by atoms with E-state index >= 15 is 0 Å². The monoisotopic (exact) mass is 194 g/mol. The summed E-state index contributed by atoms with van der Waals surface area (Å²) in [6.07, 6.45) is 7.13. The number of imide groups is 1. The lowest BCUT2D eigenvalue weighted by Crippen LogP contribution is -2.51. The lowest BCUT2D eigenvalue weighted by molar-refractivity contribution is -0.149. The molecule has 0 spiro atoms. The molecule has 1 heterocycles. The van der Waals surface area contributed by atoms with Crippen molar-refractivity contribution in [3.8, 4) is 12.3 Å². The van der Waals surface area contributed by atoms with Crippen molar-refractivity contribution in [2.75, 3.05) is 6.54 Å². The number of terminal acetylenes is 1. The zero-order chi connectivity index (χ0) is 10.6. The van der Waals surface area contributed by atoms with Crippen LogP contribution >= 0.6 is 0 Å². The van der Waals surface area contributed by atoms with Crippen LogP contribution in [0.25, 0.3) is 0 Å². The Morgan fingerprint density at radius 3 is 2.93 bits per heavy atom. The quantitative estimate of drug-likeness (QED) is 0.387. The Kier molecular flexibility index (Phi) is 3.66. The Morgan fingerprint density at radius 2 is 2.29 bits per heavy atom. The zero-order valence-corrected chi connectivity index (χ0v) is 8.03. The van der Waals surface area contributed by atoms with E-state index in [1.54, 1.807) is 0 Å². The molecule has 14 heavy (non-hydrogen) atoms. The Bertz CT molecular complexity index is 280. The van der Waals surface area contributed by atoms with Gasteiger partial charge < -0.3 is 5.73 Å². The molecular weight excluding hydrogens is 180 g/mol. The van der Waals surface area contributed by atoms with Crippen LogP contribution in [0.1, 0.15) is 25.7 Å². The van der Waals surface area contributed by atoms with Crippen LogP contribution in [0.15, 0.2) is 0 Å². The van der Waals surface area contributed by atoms with Crippen LogP contribution in [0.3, 0.4) is 0 Å². The van der Waals surface area contributed by atoms with Gasteiger partial charge in [0.25, 0.3) is 0 Å². The van der Waals surface area contributed by atoms with Gasteiger partial charge in [-0.3, -0.25) is 14.5 Å². The van der Waals surface area contributed by atoms with Gasteiger partial charge in [-0.25, -0.2) is 0 Å². The SMILES string of the molecule is C#CCCCN1C(=O)CCC(N)C1=O. The maximum absolute atomic E-state index is 11.5. The molecule has 1 fully saturated rings. The van der Waals surface area contributed by atoms with Gasteiger partial charge in [0.1, 0.15) is 0 Å². The largest absolute Gasteiger partial charge is 0.320 e. The molecular formula is C10H14N2O2. The van der Waals surface area contributed by atoms with E-state index in [0.29, 0.717) is 32.2 Å². The van der Waals surface area contributed by atoms with Gasteiger partial charge in [-0.15, -0.1) is 12.3 Å². The molecule has 0 radical (unpaired) electrons. The molecule has 4 nitrogen and oxygen atoms in total. The highest BCUT2D eigenvalue weighted by Crippen LogP contribution is 2.12. The molecule has 0 aromatic heterocycles. The number of carbonyl (C=O) groups is 2. The number of nitrogens with two attached hydrogens (primary N) is 1. The molecule has 0 aliphatic carbocycles. The van der Waals surface area contributed by atoms with Crippen LogP contribution in [0.5, 0.6) is 0 Å². The van der Waals surface area contributed by atoms with Crippen molar-refractivity contribution in [2.45, 2.75) is 31.7 Å². The van der Waals surface area contributed by atoms with Crippen LogP contribution in [0.2, 0.25) is 0 Å². The normalized spacial score (nSPS) is 22.3. The Labute approximate surface area is 83.4 Å². The van der Waals surface area contributed by atoms with Gasteiger partial charge in [0.05, 0.1) is 6.04 Å². The highest BCUT2D eigenvalue weighted by molar-refractivity contribution is 6.00. The van der Waals surface area contributed by atoms with E-state index in [-0.39, 0.29) is 11.8 Å².